The summed E-state index contributed by atoms with van der Waals surface area (Å²) >= 11 is 0. The Morgan fingerprint density at radius 1 is 0.920 bits per heavy atom. The molecule has 2 amide bonds. The van der Waals surface area contributed by atoms with Crippen LogP contribution in [-0.4, -0.2) is 25.0 Å². The molecule has 0 unspecified atom stereocenters. The van der Waals surface area contributed by atoms with Crippen molar-refractivity contribution in [3.05, 3.63) is 77.9 Å². The first kappa shape index (κ1) is 17.0. The van der Waals surface area contributed by atoms with Crippen LogP contribution in [0.3, 0.4) is 0 Å². The lowest BCUT2D eigenvalue weighted by molar-refractivity contribution is 0.252. The third kappa shape index (κ3) is 4.58. The van der Waals surface area contributed by atoms with E-state index in [0.29, 0.717) is 6.54 Å². The molecular formula is C21H23N3O. The van der Waals surface area contributed by atoms with Gasteiger partial charge < -0.3 is 15.5 Å². The van der Waals surface area contributed by atoms with Crippen LogP contribution in [0.4, 0.5) is 10.5 Å². The van der Waals surface area contributed by atoms with E-state index in [2.05, 4.69) is 27.7 Å². The SMILES string of the molecule is CN(C)Cc1cccc(CNC(=O)Nc2cccc3ccccc23)c1. The topological polar surface area (TPSA) is 44.4 Å². The van der Waals surface area contributed by atoms with Gasteiger partial charge in [-0.25, -0.2) is 4.79 Å². The van der Waals surface area contributed by atoms with E-state index in [1.807, 2.05) is 68.7 Å². The summed E-state index contributed by atoms with van der Waals surface area (Å²) in [5.74, 6) is 0. The van der Waals surface area contributed by atoms with Crippen LogP contribution in [0.5, 0.6) is 0 Å². The quantitative estimate of drug-likeness (QED) is 0.734. The summed E-state index contributed by atoms with van der Waals surface area (Å²) in [7, 11) is 4.09. The molecule has 0 aliphatic rings. The molecule has 3 aromatic carbocycles. The third-order valence-corrected chi connectivity index (χ3v) is 3.98. The highest BCUT2D eigenvalue weighted by Gasteiger charge is 2.05. The lowest BCUT2D eigenvalue weighted by atomic mass is 10.1. The van der Waals surface area contributed by atoms with Gasteiger partial charge in [-0.1, -0.05) is 60.7 Å². The second-order valence-electron chi connectivity index (χ2n) is 6.39. The van der Waals surface area contributed by atoms with Crippen molar-refractivity contribution in [2.75, 3.05) is 19.4 Å². The van der Waals surface area contributed by atoms with Crippen LogP contribution >= 0.6 is 0 Å². The van der Waals surface area contributed by atoms with Crippen molar-refractivity contribution in [1.82, 2.24) is 10.2 Å². The molecule has 0 heterocycles. The van der Waals surface area contributed by atoms with E-state index in [1.165, 1.54) is 5.56 Å². The predicted molar refractivity (Wildman–Crippen MR) is 104 cm³/mol. The van der Waals surface area contributed by atoms with Gasteiger partial charge in [0.05, 0.1) is 5.69 Å². The molecule has 0 radical (unpaired) electrons. The number of hydrogen-bond acceptors (Lipinski definition) is 2. The summed E-state index contributed by atoms with van der Waals surface area (Å²) in [6.07, 6.45) is 0. The summed E-state index contributed by atoms with van der Waals surface area (Å²) < 4.78 is 0. The molecule has 0 aliphatic heterocycles. The van der Waals surface area contributed by atoms with Crippen molar-refractivity contribution in [3.8, 4) is 0 Å². The van der Waals surface area contributed by atoms with E-state index in [-0.39, 0.29) is 6.03 Å². The third-order valence-electron chi connectivity index (χ3n) is 3.98. The molecule has 0 atom stereocenters. The van der Waals surface area contributed by atoms with Crippen LogP contribution in [0, 0.1) is 0 Å². The highest BCUT2D eigenvalue weighted by Crippen LogP contribution is 2.22. The number of fused-ring (bicyclic) bond motifs is 1. The minimum Gasteiger partial charge on any atom is -0.334 e. The fourth-order valence-electron chi connectivity index (χ4n) is 2.89. The van der Waals surface area contributed by atoms with Gasteiger partial charge in [0.25, 0.3) is 0 Å². The number of nitrogens with zero attached hydrogens (tertiary/aromatic N) is 1. The number of rotatable bonds is 5. The Balaban J connectivity index is 1.63. The molecule has 4 nitrogen and oxygen atoms in total. The number of benzene rings is 3. The molecule has 4 heteroatoms. The Hall–Kier alpha value is -2.85. The molecule has 25 heavy (non-hydrogen) atoms. The molecule has 0 spiro atoms. The maximum absolute atomic E-state index is 12.3. The number of nitrogens with one attached hydrogen (secondary N) is 2. The van der Waals surface area contributed by atoms with Crippen molar-refractivity contribution in [2.45, 2.75) is 13.1 Å². The standard InChI is InChI=1S/C21H23N3O/c1-24(2)15-17-8-5-7-16(13-17)14-22-21(25)23-20-12-6-10-18-9-3-4-11-19(18)20/h3-13H,14-15H2,1-2H3,(H2,22,23,25). The maximum Gasteiger partial charge on any atom is 0.319 e. The van der Waals surface area contributed by atoms with Gasteiger partial charge in [-0.05, 0) is 36.7 Å². The van der Waals surface area contributed by atoms with Crippen molar-refractivity contribution >= 4 is 22.5 Å². The molecule has 0 bridgehead atoms. The highest BCUT2D eigenvalue weighted by atomic mass is 16.2. The Morgan fingerprint density at radius 3 is 2.48 bits per heavy atom. The number of anilines is 1. The summed E-state index contributed by atoms with van der Waals surface area (Å²) in [5, 5.41) is 8.02. The fourth-order valence-corrected chi connectivity index (χ4v) is 2.89. The van der Waals surface area contributed by atoms with Crippen molar-refractivity contribution < 1.29 is 4.79 Å². The van der Waals surface area contributed by atoms with Crippen molar-refractivity contribution in [3.63, 3.8) is 0 Å². The van der Waals surface area contributed by atoms with E-state index >= 15 is 0 Å². The molecule has 128 valence electrons. The maximum atomic E-state index is 12.3. The Kier molecular flexibility index (Phi) is 5.31. The summed E-state index contributed by atoms with van der Waals surface area (Å²) in [4.78, 5) is 14.4. The number of carbonyl (C=O) groups excluding carboxylic acids is 1. The smallest absolute Gasteiger partial charge is 0.319 e. The van der Waals surface area contributed by atoms with Crippen molar-refractivity contribution in [2.24, 2.45) is 0 Å². The highest BCUT2D eigenvalue weighted by molar-refractivity contribution is 6.01. The van der Waals surface area contributed by atoms with Crippen LogP contribution in [0.2, 0.25) is 0 Å². The Bertz CT molecular complexity index is 868. The molecule has 0 aromatic heterocycles. The monoisotopic (exact) mass is 333 g/mol. The van der Waals surface area contributed by atoms with Crippen LogP contribution in [0.1, 0.15) is 11.1 Å². The molecule has 2 N–H and O–H groups in total. The van der Waals surface area contributed by atoms with E-state index in [9.17, 15) is 4.79 Å². The van der Waals surface area contributed by atoms with Gasteiger partial charge in [0, 0.05) is 18.5 Å². The lowest BCUT2D eigenvalue weighted by Gasteiger charge is -2.12. The predicted octanol–water partition coefficient (Wildman–Crippen LogP) is 4.22. The zero-order chi connectivity index (χ0) is 17.6. The summed E-state index contributed by atoms with van der Waals surface area (Å²) in [5.41, 5.74) is 3.14. The molecule has 3 rings (SSSR count). The number of hydrogen-bond donors (Lipinski definition) is 2. The largest absolute Gasteiger partial charge is 0.334 e. The number of urea groups is 1. The van der Waals surface area contributed by atoms with Crippen LogP contribution < -0.4 is 10.6 Å². The van der Waals surface area contributed by atoms with Crippen LogP contribution in [0.15, 0.2) is 66.7 Å². The van der Waals surface area contributed by atoms with Gasteiger partial charge >= 0.3 is 6.03 Å². The van der Waals surface area contributed by atoms with Gasteiger partial charge in [0.1, 0.15) is 0 Å². The van der Waals surface area contributed by atoms with Crippen LogP contribution in [0.25, 0.3) is 10.8 Å². The first-order valence-corrected chi connectivity index (χ1v) is 8.37. The molecule has 0 fully saturated rings. The lowest BCUT2D eigenvalue weighted by Crippen LogP contribution is -2.28. The zero-order valence-electron chi connectivity index (χ0n) is 14.6. The van der Waals surface area contributed by atoms with Crippen molar-refractivity contribution in [1.29, 1.82) is 0 Å². The second kappa shape index (κ2) is 7.81. The Morgan fingerprint density at radius 2 is 1.64 bits per heavy atom. The van der Waals surface area contributed by atoms with Gasteiger partial charge in [0.15, 0.2) is 0 Å². The van der Waals surface area contributed by atoms with E-state index in [0.717, 1.165) is 28.6 Å². The minimum absolute atomic E-state index is 0.200. The van der Waals surface area contributed by atoms with Gasteiger partial charge in [-0.3, -0.25) is 0 Å². The van der Waals surface area contributed by atoms with Gasteiger partial charge in [0.2, 0.25) is 0 Å². The second-order valence-corrected chi connectivity index (χ2v) is 6.39. The minimum atomic E-state index is -0.200. The normalized spacial score (nSPS) is 10.8. The summed E-state index contributed by atoms with van der Waals surface area (Å²) in [6.45, 7) is 1.38. The van der Waals surface area contributed by atoms with E-state index in [1.54, 1.807) is 0 Å². The van der Waals surface area contributed by atoms with E-state index < -0.39 is 0 Å². The summed E-state index contributed by atoms with van der Waals surface area (Å²) in [6, 6.07) is 22.0. The first-order chi connectivity index (χ1) is 12.1. The average Bonchev–Trinajstić information content (AvgIpc) is 2.60. The van der Waals surface area contributed by atoms with E-state index in [4.69, 9.17) is 0 Å². The Labute approximate surface area is 148 Å². The molecular weight excluding hydrogens is 310 g/mol. The molecule has 0 saturated carbocycles. The molecule has 0 saturated heterocycles. The van der Waals surface area contributed by atoms with Gasteiger partial charge in [-0.15, -0.1) is 0 Å². The average molecular weight is 333 g/mol. The zero-order valence-corrected chi connectivity index (χ0v) is 14.6. The fraction of sp³-hybridized carbons (Fsp3) is 0.190. The molecule has 3 aromatic rings. The van der Waals surface area contributed by atoms with Crippen LogP contribution in [-0.2, 0) is 13.1 Å². The molecule has 0 aliphatic carbocycles. The number of carbonyl (C=O) groups is 1. The number of amides is 2. The van der Waals surface area contributed by atoms with Gasteiger partial charge in [-0.2, -0.15) is 0 Å². The first-order valence-electron chi connectivity index (χ1n) is 8.37.